The van der Waals surface area contributed by atoms with Gasteiger partial charge < -0.3 is 10.6 Å². The van der Waals surface area contributed by atoms with Crippen LogP contribution in [0.25, 0.3) is 0 Å². The molecule has 0 amide bonds. The monoisotopic (exact) mass is 699 g/mol. The van der Waals surface area contributed by atoms with Crippen molar-refractivity contribution in [2.24, 2.45) is 47.3 Å². The van der Waals surface area contributed by atoms with Crippen LogP contribution in [-0.2, 0) is 0 Å². The summed E-state index contributed by atoms with van der Waals surface area (Å²) in [6.45, 7) is 5.95. The molecule has 5 fully saturated rings. The second kappa shape index (κ2) is 16.3. The van der Waals surface area contributed by atoms with Crippen molar-refractivity contribution < 1.29 is 0 Å². The van der Waals surface area contributed by atoms with Crippen LogP contribution in [0.15, 0.2) is 93.2 Å². The molecule has 52 heavy (non-hydrogen) atoms. The molecule has 9 rings (SSSR count). The standard InChI is InChI=1S/C50H70N2/c1-34(41-25-28-50(49-19-9-6-16-45(41)49)48-20-10-14-36-12-4-5-15-42(36)48)21-22-38(33-52-40-24-23-35-11-2-3-13-37(35)31-40)43-26-27-44(39-29-30-51-32-39)47-18-8-7-17-46(43)47/h5,8,14-15,18,21-22,27,35,37,39-41,43,45,49-52H,2-4,6-7,9-13,16-17,19-20,23-26,28-33H2,1H3/b34-21+,38-22+/t35?,37?,39?,40?,41?,43-,45?,49-,50?/m0/s1. The van der Waals surface area contributed by atoms with Gasteiger partial charge in [-0.2, -0.15) is 0 Å². The van der Waals surface area contributed by atoms with E-state index in [1.165, 1.54) is 141 Å². The Bertz CT molecular complexity index is 1570. The predicted molar refractivity (Wildman–Crippen MR) is 220 cm³/mol. The van der Waals surface area contributed by atoms with Crippen LogP contribution in [0, 0.1) is 47.3 Å². The molecule has 9 aliphatic rings. The smallest absolute Gasteiger partial charge is 0.0176 e. The highest BCUT2D eigenvalue weighted by Crippen LogP contribution is 2.54. The number of hydrogen-bond donors (Lipinski definition) is 2. The first-order chi connectivity index (χ1) is 25.7. The first kappa shape index (κ1) is 35.5. The normalized spacial score (nSPS) is 38.3. The third-order valence-electron chi connectivity index (χ3n) is 16.2. The number of hydrogen-bond acceptors (Lipinski definition) is 2. The van der Waals surface area contributed by atoms with Gasteiger partial charge in [-0.15, -0.1) is 0 Å². The number of fused-ring (bicyclic) bond motifs is 3. The molecule has 0 radical (unpaired) electrons. The third kappa shape index (κ3) is 7.31. The number of nitrogens with one attached hydrogen (secondary N) is 2. The van der Waals surface area contributed by atoms with E-state index in [1.807, 2.05) is 5.57 Å². The van der Waals surface area contributed by atoms with Gasteiger partial charge in [0, 0.05) is 25.0 Å². The van der Waals surface area contributed by atoms with E-state index >= 15 is 0 Å². The topological polar surface area (TPSA) is 24.1 Å². The van der Waals surface area contributed by atoms with Crippen molar-refractivity contribution in [3.05, 3.63) is 93.2 Å². The minimum absolute atomic E-state index is 0.560. The van der Waals surface area contributed by atoms with Gasteiger partial charge in [-0.1, -0.05) is 104 Å². The summed E-state index contributed by atoms with van der Waals surface area (Å²) in [6.07, 6.45) is 49.5. The van der Waals surface area contributed by atoms with E-state index in [-0.39, 0.29) is 0 Å². The van der Waals surface area contributed by atoms with E-state index in [2.05, 4.69) is 66.2 Å². The number of rotatable bonds is 8. The lowest BCUT2D eigenvalue weighted by molar-refractivity contribution is 0.0805. The minimum atomic E-state index is 0.560. The molecule has 0 aromatic rings. The van der Waals surface area contributed by atoms with Crippen LogP contribution in [0.3, 0.4) is 0 Å². The lowest BCUT2D eigenvalue weighted by Crippen LogP contribution is -2.40. The van der Waals surface area contributed by atoms with Gasteiger partial charge in [0.2, 0.25) is 0 Å². The van der Waals surface area contributed by atoms with Crippen molar-refractivity contribution in [2.75, 3.05) is 19.6 Å². The molecule has 0 spiro atoms. The largest absolute Gasteiger partial charge is 0.316 e. The second-order valence-electron chi connectivity index (χ2n) is 18.9. The molecule has 1 aliphatic heterocycles. The minimum Gasteiger partial charge on any atom is -0.316 e. The Morgan fingerprint density at radius 2 is 1.56 bits per heavy atom. The predicted octanol–water partition coefficient (Wildman–Crippen LogP) is 12.2. The van der Waals surface area contributed by atoms with Crippen LogP contribution in [0.5, 0.6) is 0 Å². The summed E-state index contributed by atoms with van der Waals surface area (Å²) in [5.74, 6) is 6.62. The zero-order valence-corrected chi connectivity index (χ0v) is 32.8. The Hall–Kier alpha value is -2.16. The van der Waals surface area contributed by atoms with Gasteiger partial charge in [0.1, 0.15) is 0 Å². The van der Waals surface area contributed by atoms with Gasteiger partial charge in [-0.25, -0.2) is 0 Å². The van der Waals surface area contributed by atoms with E-state index in [0.29, 0.717) is 17.9 Å². The van der Waals surface area contributed by atoms with Gasteiger partial charge in [0.05, 0.1) is 0 Å². The van der Waals surface area contributed by atoms with Gasteiger partial charge in [0.15, 0.2) is 0 Å². The van der Waals surface area contributed by atoms with Gasteiger partial charge in [-0.05, 0) is 179 Å². The molecule has 0 aromatic heterocycles. The fourth-order valence-corrected chi connectivity index (χ4v) is 13.6. The van der Waals surface area contributed by atoms with Gasteiger partial charge in [0.25, 0.3) is 0 Å². The fraction of sp³-hybridized carbons (Fsp3) is 0.680. The van der Waals surface area contributed by atoms with Crippen molar-refractivity contribution in [3.8, 4) is 0 Å². The first-order valence-electron chi connectivity index (χ1n) is 22.7. The highest BCUT2D eigenvalue weighted by molar-refractivity contribution is 5.53. The SMILES string of the molecule is C/C(=C\C=C(/CNC1CCC2CCCCC2C1)[C@@H]1CC=C(C2CCNC2)C2=C1CCC=C2)C1CCC(C2=C3C=CCCC3=CCC2)[C@H]2CCCCC12. The highest BCUT2D eigenvalue weighted by atomic mass is 14.9. The molecule has 1 saturated heterocycles. The summed E-state index contributed by atoms with van der Waals surface area (Å²) in [4.78, 5) is 0. The Morgan fingerprint density at radius 1 is 0.750 bits per heavy atom. The third-order valence-corrected chi connectivity index (χ3v) is 16.2. The molecule has 1 heterocycles. The van der Waals surface area contributed by atoms with E-state index < -0.39 is 0 Å². The fourth-order valence-electron chi connectivity index (χ4n) is 13.6. The van der Waals surface area contributed by atoms with Crippen LogP contribution >= 0.6 is 0 Å². The first-order valence-corrected chi connectivity index (χ1v) is 22.7. The van der Waals surface area contributed by atoms with Crippen LogP contribution < -0.4 is 10.6 Å². The van der Waals surface area contributed by atoms with Crippen molar-refractivity contribution in [1.29, 1.82) is 0 Å². The molecule has 280 valence electrons. The van der Waals surface area contributed by atoms with E-state index in [1.54, 1.807) is 39.0 Å². The van der Waals surface area contributed by atoms with Crippen molar-refractivity contribution in [1.82, 2.24) is 10.6 Å². The molecule has 0 aromatic carbocycles. The molecule has 2 heteroatoms. The summed E-state index contributed by atoms with van der Waals surface area (Å²) in [6, 6.07) is 0.703. The van der Waals surface area contributed by atoms with Crippen molar-refractivity contribution >= 4 is 0 Å². The van der Waals surface area contributed by atoms with E-state index in [9.17, 15) is 0 Å². The van der Waals surface area contributed by atoms with Gasteiger partial charge in [-0.3, -0.25) is 0 Å². The quantitative estimate of drug-likeness (QED) is 0.247. The number of allylic oxidation sites excluding steroid dienone is 14. The molecular formula is C50H70N2. The maximum Gasteiger partial charge on any atom is 0.0176 e. The molecule has 2 N–H and O–H groups in total. The molecular weight excluding hydrogens is 629 g/mol. The Morgan fingerprint density at radius 3 is 2.44 bits per heavy atom. The maximum absolute atomic E-state index is 4.24. The Balaban J connectivity index is 0.979. The molecule has 9 atom stereocenters. The Kier molecular flexibility index (Phi) is 11.1. The van der Waals surface area contributed by atoms with Crippen LogP contribution in [0.2, 0.25) is 0 Å². The average Bonchev–Trinajstić information content (AvgIpc) is 3.75. The van der Waals surface area contributed by atoms with Gasteiger partial charge >= 0.3 is 0 Å². The summed E-state index contributed by atoms with van der Waals surface area (Å²) in [5.41, 5.74) is 13.7. The van der Waals surface area contributed by atoms with Crippen molar-refractivity contribution in [2.45, 2.75) is 148 Å². The van der Waals surface area contributed by atoms with Crippen LogP contribution in [0.1, 0.15) is 142 Å². The lowest BCUT2D eigenvalue weighted by Gasteiger charge is -2.48. The van der Waals surface area contributed by atoms with E-state index in [0.717, 1.165) is 48.6 Å². The maximum atomic E-state index is 4.24. The van der Waals surface area contributed by atoms with Crippen LogP contribution in [-0.4, -0.2) is 25.7 Å². The van der Waals surface area contributed by atoms with E-state index in [4.69, 9.17) is 0 Å². The highest BCUT2D eigenvalue weighted by Gasteiger charge is 2.43. The molecule has 4 saturated carbocycles. The summed E-state index contributed by atoms with van der Waals surface area (Å²) in [5, 5.41) is 7.91. The summed E-state index contributed by atoms with van der Waals surface area (Å²) >= 11 is 0. The average molecular weight is 699 g/mol. The lowest BCUT2D eigenvalue weighted by atomic mass is 9.57. The zero-order valence-electron chi connectivity index (χ0n) is 32.8. The molecule has 8 aliphatic carbocycles. The van der Waals surface area contributed by atoms with Crippen LogP contribution in [0.4, 0.5) is 0 Å². The summed E-state index contributed by atoms with van der Waals surface area (Å²) < 4.78 is 0. The molecule has 2 nitrogen and oxygen atoms in total. The second-order valence-corrected chi connectivity index (χ2v) is 18.9. The molecule has 0 bridgehead atoms. The zero-order chi connectivity index (χ0) is 34.9. The van der Waals surface area contributed by atoms with Crippen molar-refractivity contribution in [3.63, 3.8) is 0 Å². The Labute approximate surface area is 317 Å². The molecule has 7 unspecified atom stereocenters. The summed E-state index contributed by atoms with van der Waals surface area (Å²) in [7, 11) is 0.